The lowest BCUT2D eigenvalue weighted by Crippen LogP contribution is -2.48. The van der Waals surface area contributed by atoms with Gasteiger partial charge in [-0.25, -0.2) is 0 Å². The van der Waals surface area contributed by atoms with E-state index in [1.807, 2.05) is 55.1 Å². The van der Waals surface area contributed by atoms with Gasteiger partial charge in [0.1, 0.15) is 0 Å². The van der Waals surface area contributed by atoms with Crippen LogP contribution in [-0.2, 0) is 18.8 Å². The third kappa shape index (κ3) is 6.82. The largest absolute Gasteiger partial charge is 0.416 e. The van der Waals surface area contributed by atoms with Gasteiger partial charge in [-0.15, -0.1) is 11.8 Å². The second kappa shape index (κ2) is 11.4. The van der Waals surface area contributed by atoms with Crippen LogP contribution in [0.2, 0.25) is 0 Å². The quantitative estimate of drug-likeness (QED) is 0.225. The fourth-order valence-electron chi connectivity index (χ4n) is 4.66. The standard InChI is InChI=1S/C28H27F6N2S/c1-37-26-10-6-5-9-25(26)36-15-13-35(14-16-36)24(21-7-3-2-4-8-21)12-11-20-17-22(27(29,30)31)19-23(18-20)28(32,33)34/h2-10,12,17-19,24H,11,13-16H2,1H3. The molecule has 3 aromatic carbocycles. The van der Waals surface area contributed by atoms with Crippen LogP contribution in [0.25, 0.3) is 0 Å². The Morgan fingerprint density at radius 1 is 0.784 bits per heavy atom. The molecule has 197 valence electrons. The molecule has 1 atom stereocenters. The average molecular weight is 538 g/mol. The third-order valence-corrected chi connectivity index (χ3v) is 7.28. The van der Waals surface area contributed by atoms with Crippen LogP contribution in [0.4, 0.5) is 32.0 Å². The summed E-state index contributed by atoms with van der Waals surface area (Å²) < 4.78 is 80.0. The summed E-state index contributed by atoms with van der Waals surface area (Å²) >= 11 is 1.68. The Kier molecular flexibility index (Phi) is 8.43. The molecule has 1 saturated heterocycles. The molecule has 0 aliphatic carbocycles. The Labute approximate surface area is 217 Å². The molecule has 1 aliphatic rings. The van der Waals surface area contributed by atoms with Crippen molar-refractivity contribution in [1.82, 2.24) is 4.90 Å². The molecule has 1 aliphatic heterocycles. The molecule has 1 fully saturated rings. The molecule has 2 nitrogen and oxygen atoms in total. The molecule has 1 radical (unpaired) electrons. The highest BCUT2D eigenvalue weighted by Gasteiger charge is 2.37. The van der Waals surface area contributed by atoms with Gasteiger partial charge >= 0.3 is 12.4 Å². The van der Waals surface area contributed by atoms with E-state index < -0.39 is 23.5 Å². The van der Waals surface area contributed by atoms with E-state index in [2.05, 4.69) is 21.9 Å². The van der Waals surface area contributed by atoms with E-state index in [0.717, 1.165) is 30.8 Å². The van der Waals surface area contributed by atoms with E-state index in [1.54, 1.807) is 11.8 Å². The Bertz CT molecular complexity index is 1140. The van der Waals surface area contributed by atoms with Crippen molar-refractivity contribution in [2.24, 2.45) is 0 Å². The fraction of sp³-hybridized carbons (Fsp3) is 0.321. The Morgan fingerprint density at radius 2 is 1.35 bits per heavy atom. The number of hydrogen-bond acceptors (Lipinski definition) is 3. The fourth-order valence-corrected chi connectivity index (χ4v) is 5.28. The van der Waals surface area contributed by atoms with Crippen molar-refractivity contribution in [3.8, 4) is 0 Å². The van der Waals surface area contributed by atoms with Crippen LogP contribution in [0, 0.1) is 6.42 Å². The van der Waals surface area contributed by atoms with Crippen LogP contribution in [0.1, 0.15) is 28.3 Å². The minimum Gasteiger partial charge on any atom is -0.368 e. The summed E-state index contributed by atoms with van der Waals surface area (Å²) in [6, 6.07) is 19.2. The SMILES string of the molecule is CSc1ccccc1N1CCN(C([CH]Cc2cc(C(F)(F)F)cc(C(F)(F)F)c2)c2ccccc2)CC1. The number of nitrogens with zero attached hydrogens (tertiary/aromatic N) is 2. The summed E-state index contributed by atoms with van der Waals surface area (Å²) in [4.78, 5) is 5.73. The molecule has 3 aromatic rings. The van der Waals surface area contributed by atoms with Gasteiger partial charge in [0.05, 0.1) is 16.8 Å². The highest BCUT2D eigenvalue weighted by molar-refractivity contribution is 7.98. The van der Waals surface area contributed by atoms with Crippen molar-refractivity contribution >= 4 is 17.4 Å². The molecular formula is C28H27F6N2S. The first-order valence-corrected chi connectivity index (χ1v) is 13.1. The van der Waals surface area contributed by atoms with Gasteiger partial charge in [0, 0.05) is 37.1 Å². The second-order valence-corrected chi connectivity index (χ2v) is 9.75. The van der Waals surface area contributed by atoms with Gasteiger partial charge in [-0.3, -0.25) is 4.90 Å². The van der Waals surface area contributed by atoms with Gasteiger partial charge in [-0.2, -0.15) is 26.3 Å². The lowest BCUT2D eigenvalue weighted by molar-refractivity contribution is -0.143. The molecule has 0 aromatic heterocycles. The maximum absolute atomic E-state index is 13.3. The predicted octanol–water partition coefficient (Wildman–Crippen LogP) is 7.76. The summed E-state index contributed by atoms with van der Waals surface area (Å²) in [5, 5.41) is 0. The number of anilines is 1. The van der Waals surface area contributed by atoms with Crippen LogP contribution in [0.5, 0.6) is 0 Å². The number of para-hydroxylation sites is 1. The molecule has 1 heterocycles. The van der Waals surface area contributed by atoms with E-state index in [1.165, 1.54) is 10.6 Å². The zero-order valence-corrected chi connectivity index (χ0v) is 21.0. The van der Waals surface area contributed by atoms with Gasteiger partial charge in [-0.05, 0) is 60.6 Å². The monoisotopic (exact) mass is 537 g/mol. The van der Waals surface area contributed by atoms with Crippen LogP contribution in [-0.4, -0.2) is 37.3 Å². The first-order valence-electron chi connectivity index (χ1n) is 11.8. The Balaban J connectivity index is 1.54. The zero-order chi connectivity index (χ0) is 26.6. The maximum atomic E-state index is 13.3. The minimum absolute atomic E-state index is 0.0179. The number of hydrogen-bond donors (Lipinski definition) is 0. The topological polar surface area (TPSA) is 6.48 Å². The molecule has 0 saturated carbocycles. The van der Waals surface area contributed by atoms with E-state index in [-0.39, 0.29) is 24.1 Å². The summed E-state index contributed by atoms with van der Waals surface area (Å²) in [6.07, 6.45) is -5.90. The van der Waals surface area contributed by atoms with Crippen LogP contribution >= 0.6 is 11.8 Å². The number of thioether (sulfide) groups is 1. The van der Waals surface area contributed by atoms with Gasteiger partial charge in [0.2, 0.25) is 0 Å². The maximum Gasteiger partial charge on any atom is 0.416 e. The molecule has 4 rings (SSSR count). The van der Waals surface area contributed by atoms with Crippen molar-refractivity contribution < 1.29 is 26.3 Å². The Hall–Kier alpha value is -2.65. The first-order chi connectivity index (χ1) is 17.6. The van der Waals surface area contributed by atoms with E-state index in [4.69, 9.17) is 0 Å². The summed E-state index contributed by atoms with van der Waals surface area (Å²) in [5.41, 5.74) is -0.483. The predicted molar refractivity (Wildman–Crippen MR) is 136 cm³/mol. The van der Waals surface area contributed by atoms with Gasteiger partial charge in [0.15, 0.2) is 0 Å². The lowest BCUT2D eigenvalue weighted by atomic mass is 9.95. The third-order valence-electron chi connectivity index (χ3n) is 6.50. The van der Waals surface area contributed by atoms with Gasteiger partial charge in [0.25, 0.3) is 0 Å². The highest BCUT2D eigenvalue weighted by Crippen LogP contribution is 2.37. The Morgan fingerprint density at radius 3 is 1.92 bits per heavy atom. The number of rotatable bonds is 7. The smallest absolute Gasteiger partial charge is 0.368 e. The number of piperazine rings is 1. The van der Waals surface area contributed by atoms with Crippen LogP contribution in [0.3, 0.4) is 0 Å². The summed E-state index contributed by atoms with van der Waals surface area (Å²) in [6.45, 7) is 2.93. The second-order valence-electron chi connectivity index (χ2n) is 8.90. The molecule has 1 unspecified atom stereocenters. The normalized spacial score (nSPS) is 16.1. The number of benzene rings is 3. The van der Waals surface area contributed by atoms with Crippen LogP contribution < -0.4 is 4.90 Å². The van der Waals surface area contributed by atoms with E-state index in [0.29, 0.717) is 13.1 Å². The highest BCUT2D eigenvalue weighted by atomic mass is 32.2. The average Bonchev–Trinajstić information content (AvgIpc) is 2.88. The van der Waals surface area contributed by atoms with E-state index >= 15 is 0 Å². The van der Waals surface area contributed by atoms with Crippen molar-refractivity contribution in [1.29, 1.82) is 0 Å². The van der Waals surface area contributed by atoms with E-state index in [9.17, 15) is 26.3 Å². The van der Waals surface area contributed by atoms with Gasteiger partial charge in [-0.1, -0.05) is 42.5 Å². The van der Waals surface area contributed by atoms with Gasteiger partial charge < -0.3 is 4.90 Å². The molecule has 37 heavy (non-hydrogen) atoms. The number of alkyl halides is 6. The molecule has 0 N–H and O–H groups in total. The van der Waals surface area contributed by atoms with Crippen molar-refractivity contribution in [3.63, 3.8) is 0 Å². The minimum atomic E-state index is -4.86. The van der Waals surface area contributed by atoms with Crippen molar-refractivity contribution in [3.05, 3.63) is 101 Å². The van der Waals surface area contributed by atoms with Crippen LogP contribution in [0.15, 0.2) is 77.7 Å². The first kappa shape index (κ1) is 27.4. The molecule has 0 spiro atoms. The lowest BCUT2D eigenvalue weighted by Gasteiger charge is -2.41. The molecule has 0 bridgehead atoms. The molecule has 0 amide bonds. The zero-order valence-electron chi connectivity index (χ0n) is 20.2. The number of halogens is 6. The molecular weight excluding hydrogens is 510 g/mol. The summed E-state index contributed by atoms with van der Waals surface area (Å²) in [7, 11) is 0. The summed E-state index contributed by atoms with van der Waals surface area (Å²) in [5.74, 6) is 0. The van der Waals surface area contributed by atoms with Crippen molar-refractivity contribution in [2.45, 2.75) is 29.7 Å². The van der Waals surface area contributed by atoms with Crippen molar-refractivity contribution in [2.75, 3.05) is 37.3 Å². The molecule has 9 heteroatoms.